The van der Waals surface area contributed by atoms with Crippen LogP contribution in [0.1, 0.15) is 24.4 Å². The van der Waals surface area contributed by atoms with Crippen molar-refractivity contribution in [2.24, 2.45) is 0 Å². The summed E-state index contributed by atoms with van der Waals surface area (Å²) in [5, 5.41) is 19.9. The Morgan fingerprint density at radius 2 is 2.00 bits per heavy atom. The molecule has 0 bridgehead atoms. The van der Waals surface area contributed by atoms with Crippen LogP contribution in [0.3, 0.4) is 0 Å². The van der Waals surface area contributed by atoms with Gasteiger partial charge in [0.2, 0.25) is 0 Å². The number of non-ortho nitro benzene ring substituents is 1. The van der Waals surface area contributed by atoms with Crippen LogP contribution in [0.2, 0.25) is 0 Å². The van der Waals surface area contributed by atoms with E-state index in [0.717, 1.165) is 31.5 Å². The number of hydrogen-bond donors (Lipinski definition) is 2. The van der Waals surface area contributed by atoms with Gasteiger partial charge in [0.1, 0.15) is 0 Å². The minimum Gasteiger partial charge on any atom is -0.346 e. The van der Waals surface area contributed by atoms with E-state index in [-0.39, 0.29) is 17.4 Å². The summed E-state index contributed by atoms with van der Waals surface area (Å²) in [7, 11) is 0. The lowest BCUT2D eigenvalue weighted by Crippen LogP contribution is -2.41. The van der Waals surface area contributed by atoms with Gasteiger partial charge in [-0.15, -0.1) is 0 Å². The first-order chi connectivity index (χ1) is 13.0. The molecular formula is C18H20N4O4S. The van der Waals surface area contributed by atoms with E-state index in [4.69, 9.17) is 0 Å². The molecule has 1 aromatic heterocycles. The Hall–Kier alpha value is -2.78. The van der Waals surface area contributed by atoms with E-state index in [1.165, 1.54) is 24.3 Å². The Kier molecular flexibility index (Phi) is 6.15. The van der Waals surface area contributed by atoms with E-state index >= 15 is 0 Å². The molecule has 142 valence electrons. The molecule has 27 heavy (non-hydrogen) atoms. The maximum atomic E-state index is 12.2. The normalized spacial score (nSPS) is 15.3. The molecule has 2 N–H and O–H groups in total. The second-order valence-electron chi connectivity index (χ2n) is 6.29. The molecule has 0 radical (unpaired) electrons. The molecule has 0 aliphatic carbocycles. The fourth-order valence-electron chi connectivity index (χ4n) is 3.13. The molecule has 1 aliphatic rings. The molecule has 1 saturated heterocycles. The number of carbonyl (C=O) groups excluding carboxylic acids is 2. The van der Waals surface area contributed by atoms with Crippen LogP contribution in [0.25, 0.3) is 0 Å². The van der Waals surface area contributed by atoms with Crippen LogP contribution < -0.4 is 10.6 Å². The highest BCUT2D eigenvalue weighted by Crippen LogP contribution is 2.26. The zero-order chi connectivity index (χ0) is 19.2. The smallest absolute Gasteiger partial charge is 0.313 e. The minimum atomic E-state index is -0.846. The highest BCUT2D eigenvalue weighted by Gasteiger charge is 2.25. The number of nitrogens with one attached hydrogen (secondary N) is 2. The van der Waals surface area contributed by atoms with E-state index in [2.05, 4.69) is 20.9 Å². The summed E-state index contributed by atoms with van der Waals surface area (Å²) in [5.41, 5.74) is 1.18. The quantitative estimate of drug-likeness (QED) is 0.450. The highest BCUT2D eigenvalue weighted by molar-refractivity contribution is 7.08. The zero-order valence-corrected chi connectivity index (χ0v) is 15.4. The zero-order valence-electron chi connectivity index (χ0n) is 14.6. The van der Waals surface area contributed by atoms with Crippen LogP contribution in [0.5, 0.6) is 0 Å². The molecule has 2 amide bonds. The van der Waals surface area contributed by atoms with Gasteiger partial charge in [-0.1, -0.05) is 6.07 Å². The van der Waals surface area contributed by atoms with Crippen LogP contribution in [0, 0.1) is 10.1 Å². The Labute approximate surface area is 160 Å². The van der Waals surface area contributed by atoms with Crippen LogP contribution in [-0.2, 0) is 9.59 Å². The van der Waals surface area contributed by atoms with Crippen LogP contribution in [-0.4, -0.2) is 41.3 Å². The van der Waals surface area contributed by atoms with Crippen molar-refractivity contribution in [1.29, 1.82) is 0 Å². The van der Waals surface area contributed by atoms with Gasteiger partial charge in [-0.05, 0) is 54.4 Å². The molecule has 0 spiro atoms. The Morgan fingerprint density at radius 1 is 1.22 bits per heavy atom. The first-order valence-electron chi connectivity index (χ1n) is 8.64. The molecule has 9 heteroatoms. The third-order valence-electron chi connectivity index (χ3n) is 4.49. The molecule has 1 unspecified atom stereocenters. The number of benzene rings is 1. The summed E-state index contributed by atoms with van der Waals surface area (Å²) in [6, 6.07) is 7.54. The maximum Gasteiger partial charge on any atom is 0.313 e. The van der Waals surface area contributed by atoms with Crippen molar-refractivity contribution in [1.82, 2.24) is 10.2 Å². The van der Waals surface area contributed by atoms with Gasteiger partial charge in [0.25, 0.3) is 5.69 Å². The Balaban J connectivity index is 1.59. The number of nitro groups is 1. The number of hydrogen-bond acceptors (Lipinski definition) is 6. The summed E-state index contributed by atoms with van der Waals surface area (Å²) in [5.74, 6) is -1.61. The summed E-state index contributed by atoms with van der Waals surface area (Å²) in [4.78, 5) is 36.8. The van der Waals surface area contributed by atoms with Crippen molar-refractivity contribution in [2.45, 2.75) is 18.9 Å². The second-order valence-corrected chi connectivity index (χ2v) is 7.07. The lowest BCUT2D eigenvalue weighted by Gasteiger charge is -2.27. The number of carbonyl (C=O) groups is 2. The van der Waals surface area contributed by atoms with Gasteiger partial charge in [-0.3, -0.25) is 24.6 Å². The first kappa shape index (κ1) is 19.0. The number of anilines is 1. The molecule has 2 heterocycles. The lowest BCUT2D eigenvalue weighted by atomic mass is 10.1. The van der Waals surface area contributed by atoms with E-state index < -0.39 is 16.7 Å². The topological polar surface area (TPSA) is 105 Å². The van der Waals surface area contributed by atoms with Gasteiger partial charge in [0.15, 0.2) is 0 Å². The summed E-state index contributed by atoms with van der Waals surface area (Å²) in [6.45, 7) is 2.27. The minimum absolute atomic E-state index is 0.0355. The summed E-state index contributed by atoms with van der Waals surface area (Å²) >= 11 is 1.60. The lowest BCUT2D eigenvalue weighted by molar-refractivity contribution is -0.384. The molecule has 1 aliphatic heterocycles. The average molecular weight is 388 g/mol. The molecule has 3 rings (SSSR count). The number of amides is 2. The van der Waals surface area contributed by atoms with E-state index in [1.54, 1.807) is 11.3 Å². The van der Waals surface area contributed by atoms with E-state index in [9.17, 15) is 19.7 Å². The molecule has 1 aromatic carbocycles. The van der Waals surface area contributed by atoms with Gasteiger partial charge in [-0.25, -0.2) is 0 Å². The fraction of sp³-hybridized carbons (Fsp3) is 0.333. The van der Waals surface area contributed by atoms with Crippen LogP contribution in [0.15, 0.2) is 41.1 Å². The Bertz CT molecular complexity index is 819. The molecule has 0 saturated carbocycles. The second kappa shape index (κ2) is 8.74. The molecule has 8 nitrogen and oxygen atoms in total. The summed E-state index contributed by atoms with van der Waals surface area (Å²) < 4.78 is 0. The monoisotopic (exact) mass is 388 g/mol. The van der Waals surface area contributed by atoms with Gasteiger partial charge in [0.05, 0.1) is 11.0 Å². The third-order valence-corrected chi connectivity index (χ3v) is 5.19. The molecule has 2 aromatic rings. The molecular weight excluding hydrogens is 368 g/mol. The molecule has 1 fully saturated rings. The van der Waals surface area contributed by atoms with Crippen molar-refractivity contribution in [3.8, 4) is 0 Å². The van der Waals surface area contributed by atoms with Gasteiger partial charge in [-0.2, -0.15) is 11.3 Å². The number of nitrogens with zero attached hydrogens (tertiary/aromatic N) is 2. The first-order valence-corrected chi connectivity index (χ1v) is 9.58. The number of likely N-dealkylation sites (tertiary alicyclic amines) is 1. The van der Waals surface area contributed by atoms with Crippen molar-refractivity contribution in [2.75, 3.05) is 25.0 Å². The largest absolute Gasteiger partial charge is 0.346 e. The van der Waals surface area contributed by atoms with Crippen LogP contribution >= 0.6 is 11.3 Å². The van der Waals surface area contributed by atoms with Gasteiger partial charge in [0, 0.05) is 24.4 Å². The summed E-state index contributed by atoms with van der Waals surface area (Å²) in [6.07, 6.45) is 2.25. The number of rotatable bonds is 6. The predicted molar refractivity (Wildman–Crippen MR) is 103 cm³/mol. The third kappa shape index (κ3) is 4.89. The van der Waals surface area contributed by atoms with Crippen molar-refractivity contribution >= 4 is 34.5 Å². The van der Waals surface area contributed by atoms with Gasteiger partial charge >= 0.3 is 11.8 Å². The van der Waals surface area contributed by atoms with Crippen molar-refractivity contribution < 1.29 is 14.5 Å². The standard InChI is InChI=1S/C18H20N4O4S/c23-17(18(24)20-14-4-3-5-15(10-14)22(25)26)19-11-16(13-6-9-27-12-13)21-7-1-2-8-21/h3-6,9-10,12,16H,1-2,7-8,11H2,(H,19,23)(H,20,24). The number of thiophene rings is 1. The Morgan fingerprint density at radius 3 is 2.67 bits per heavy atom. The SMILES string of the molecule is O=C(NCC(c1ccsc1)N1CCCC1)C(=O)Nc1cccc([N+](=O)[O-])c1. The molecule has 1 atom stereocenters. The number of nitro benzene ring substituents is 1. The predicted octanol–water partition coefficient (Wildman–Crippen LogP) is 2.55. The van der Waals surface area contributed by atoms with E-state index in [0.29, 0.717) is 6.54 Å². The fourth-order valence-corrected chi connectivity index (χ4v) is 3.84. The van der Waals surface area contributed by atoms with Crippen LogP contribution in [0.4, 0.5) is 11.4 Å². The average Bonchev–Trinajstić information content (AvgIpc) is 3.36. The van der Waals surface area contributed by atoms with Gasteiger partial charge < -0.3 is 10.6 Å². The highest BCUT2D eigenvalue weighted by atomic mass is 32.1. The van der Waals surface area contributed by atoms with Crippen molar-refractivity contribution in [3.63, 3.8) is 0 Å². The van der Waals surface area contributed by atoms with Crippen molar-refractivity contribution in [3.05, 3.63) is 56.8 Å². The maximum absolute atomic E-state index is 12.2. The van der Waals surface area contributed by atoms with E-state index in [1.807, 2.05) is 11.4 Å².